The number of amides is 1. The van der Waals surface area contributed by atoms with Crippen LogP contribution in [0.1, 0.15) is 29.9 Å². The lowest BCUT2D eigenvalue weighted by molar-refractivity contribution is 0.0767. The molecule has 2 rings (SSSR count). The number of hydrogen-bond acceptors (Lipinski definition) is 5. The first-order valence-electron chi connectivity index (χ1n) is 7.63. The third-order valence-corrected chi connectivity index (χ3v) is 3.53. The molecular weight excluding hydrogens is 292 g/mol. The number of carbonyl (C=O) groups is 1. The van der Waals surface area contributed by atoms with Crippen LogP contribution in [0.4, 0.5) is 11.6 Å². The first kappa shape index (κ1) is 16.7. The van der Waals surface area contributed by atoms with Crippen LogP contribution in [0.5, 0.6) is 5.75 Å². The summed E-state index contributed by atoms with van der Waals surface area (Å²) in [5.74, 6) is 0.961. The van der Waals surface area contributed by atoms with Crippen molar-refractivity contribution in [1.29, 1.82) is 0 Å². The molecule has 0 aliphatic rings. The minimum atomic E-state index is -0.100. The average molecular weight is 314 g/mol. The molecule has 122 valence electrons. The molecule has 6 heteroatoms. The molecule has 0 aliphatic heterocycles. The molecule has 0 fully saturated rings. The Balaban J connectivity index is 2.27. The fraction of sp³-hybridized carbons (Fsp3) is 0.353. The van der Waals surface area contributed by atoms with E-state index in [2.05, 4.69) is 15.3 Å². The van der Waals surface area contributed by atoms with Crippen LogP contribution in [-0.4, -0.2) is 41.0 Å². The Morgan fingerprint density at radius 3 is 2.65 bits per heavy atom. The Labute approximate surface area is 136 Å². The van der Waals surface area contributed by atoms with E-state index in [1.54, 1.807) is 24.3 Å². The predicted octanol–water partition coefficient (Wildman–Crippen LogP) is 3.02. The number of anilines is 2. The summed E-state index contributed by atoms with van der Waals surface area (Å²) in [4.78, 5) is 22.6. The van der Waals surface area contributed by atoms with Gasteiger partial charge in [0, 0.05) is 19.3 Å². The van der Waals surface area contributed by atoms with Gasteiger partial charge in [-0.3, -0.25) is 4.79 Å². The number of hydrogen-bond donors (Lipinski definition) is 1. The van der Waals surface area contributed by atoms with Gasteiger partial charge in [-0.05, 0) is 44.5 Å². The number of benzene rings is 1. The quantitative estimate of drug-likeness (QED) is 0.887. The number of aromatic nitrogens is 2. The maximum absolute atomic E-state index is 12.4. The molecule has 1 amide bonds. The zero-order valence-electron chi connectivity index (χ0n) is 14.0. The fourth-order valence-corrected chi connectivity index (χ4v) is 2.25. The van der Waals surface area contributed by atoms with Crippen LogP contribution >= 0.6 is 0 Å². The van der Waals surface area contributed by atoms with Crippen molar-refractivity contribution in [3.63, 3.8) is 0 Å². The summed E-state index contributed by atoms with van der Waals surface area (Å²) in [6, 6.07) is 7.41. The fourth-order valence-electron chi connectivity index (χ4n) is 2.25. The number of nitrogens with zero attached hydrogens (tertiary/aromatic N) is 3. The smallest absolute Gasteiger partial charge is 0.272 e. The Hall–Kier alpha value is -2.63. The summed E-state index contributed by atoms with van der Waals surface area (Å²) in [5, 5.41) is 3.12. The normalized spacial score (nSPS) is 10.3. The van der Waals surface area contributed by atoms with Crippen molar-refractivity contribution in [3.05, 3.63) is 41.7 Å². The second-order valence-corrected chi connectivity index (χ2v) is 5.07. The van der Waals surface area contributed by atoms with Crippen LogP contribution in [0.25, 0.3) is 0 Å². The van der Waals surface area contributed by atoms with Crippen LogP contribution in [0, 0.1) is 6.92 Å². The van der Waals surface area contributed by atoms with Crippen molar-refractivity contribution in [1.82, 2.24) is 14.9 Å². The van der Waals surface area contributed by atoms with E-state index in [9.17, 15) is 4.79 Å². The third kappa shape index (κ3) is 3.97. The Morgan fingerprint density at radius 1 is 1.26 bits per heavy atom. The van der Waals surface area contributed by atoms with Gasteiger partial charge in [0.1, 0.15) is 11.4 Å². The average Bonchev–Trinajstić information content (AvgIpc) is 2.56. The molecule has 1 heterocycles. The van der Waals surface area contributed by atoms with Crippen LogP contribution < -0.4 is 10.1 Å². The molecule has 0 unspecified atom stereocenters. The molecule has 1 aromatic heterocycles. The molecule has 2 aromatic rings. The second kappa shape index (κ2) is 7.58. The second-order valence-electron chi connectivity index (χ2n) is 5.07. The highest BCUT2D eigenvalue weighted by atomic mass is 16.5. The maximum Gasteiger partial charge on any atom is 0.272 e. The molecule has 1 N–H and O–H groups in total. The van der Waals surface area contributed by atoms with Crippen LogP contribution in [0.15, 0.2) is 30.5 Å². The van der Waals surface area contributed by atoms with E-state index < -0.39 is 0 Å². The van der Waals surface area contributed by atoms with E-state index in [-0.39, 0.29) is 5.91 Å². The van der Waals surface area contributed by atoms with E-state index in [0.29, 0.717) is 30.5 Å². The first-order valence-corrected chi connectivity index (χ1v) is 7.63. The number of rotatable bonds is 6. The van der Waals surface area contributed by atoms with Crippen molar-refractivity contribution in [2.45, 2.75) is 20.8 Å². The summed E-state index contributed by atoms with van der Waals surface area (Å²) in [5.41, 5.74) is 2.22. The molecular formula is C17H22N4O2. The Bertz CT molecular complexity index is 684. The predicted molar refractivity (Wildman–Crippen MR) is 90.3 cm³/mol. The van der Waals surface area contributed by atoms with Gasteiger partial charge in [-0.2, -0.15) is 0 Å². The molecule has 23 heavy (non-hydrogen) atoms. The molecule has 0 spiro atoms. The highest BCUT2D eigenvalue weighted by Gasteiger charge is 2.15. The molecule has 0 saturated carbocycles. The number of ether oxygens (including phenoxy) is 1. The van der Waals surface area contributed by atoms with Gasteiger partial charge in [-0.15, -0.1) is 0 Å². The van der Waals surface area contributed by atoms with Crippen LogP contribution in [-0.2, 0) is 0 Å². The molecule has 0 bridgehead atoms. The Kier molecular flexibility index (Phi) is 5.51. The summed E-state index contributed by atoms with van der Waals surface area (Å²) in [6.45, 7) is 7.17. The van der Waals surface area contributed by atoms with Crippen LogP contribution in [0.2, 0.25) is 0 Å². The van der Waals surface area contributed by atoms with Crippen molar-refractivity contribution >= 4 is 17.5 Å². The van der Waals surface area contributed by atoms with Crippen molar-refractivity contribution in [2.75, 3.05) is 25.5 Å². The number of methoxy groups -OCH3 is 1. The van der Waals surface area contributed by atoms with Gasteiger partial charge in [-0.1, -0.05) is 6.07 Å². The van der Waals surface area contributed by atoms with Gasteiger partial charge in [0.05, 0.1) is 12.8 Å². The highest BCUT2D eigenvalue weighted by molar-refractivity contribution is 5.92. The van der Waals surface area contributed by atoms with Gasteiger partial charge < -0.3 is 15.0 Å². The van der Waals surface area contributed by atoms with Crippen molar-refractivity contribution in [3.8, 4) is 5.75 Å². The lowest BCUT2D eigenvalue weighted by Gasteiger charge is -2.18. The maximum atomic E-state index is 12.4. The standard InChI is InChI=1S/C17H22N4O2/c1-5-21(6-2)16(22)13-9-10-18-17(19-13)20-14-11-12(3)7-8-15(14)23-4/h7-11H,5-6H2,1-4H3,(H,18,19,20). The van der Waals surface area contributed by atoms with E-state index in [0.717, 1.165) is 11.3 Å². The van der Waals surface area contributed by atoms with Gasteiger partial charge in [-0.25, -0.2) is 9.97 Å². The number of nitrogens with one attached hydrogen (secondary N) is 1. The zero-order valence-corrected chi connectivity index (χ0v) is 14.0. The van der Waals surface area contributed by atoms with Gasteiger partial charge >= 0.3 is 0 Å². The highest BCUT2D eigenvalue weighted by Crippen LogP contribution is 2.27. The minimum absolute atomic E-state index is 0.100. The topological polar surface area (TPSA) is 67.4 Å². The molecule has 1 aromatic carbocycles. The Morgan fingerprint density at radius 2 is 2.00 bits per heavy atom. The molecule has 0 aliphatic carbocycles. The van der Waals surface area contributed by atoms with E-state index in [1.807, 2.05) is 39.0 Å². The van der Waals surface area contributed by atoms with E-state index in [4.69, 9.17) is 4.74 Å². The SMILES string of the molecule is CCN(CC)C(=O)c1ccnc(Nc2cc(C)ccc2OC)n1. The minimum Gasteiger partial charge on any atom is -0.495 e. The molecule has 0 saturated heterocycles. The summed E-state index contributed by atoms with van der Waals surface area (Å²) in [7, 11) is 1.61. The zero-order chi connectivity index (χ0) is 16.8. The number of aryl methyl sites for hydroxylation is 1. The van der Waals surface area contributed by atoms with E-state index in [1.165, 1.54) is 0 Å². The number of carbonyl (C=O) groups excluding carboxylic acids is 1. The first-order chi connectivity index (χ1) is 11.1. The summed E-state index contributed by atoms with van der Waals surface area (Å²) in [6.07, 6.45) is 1.58. The van der Waals surface area contributed by atoms with Crippen molar-refractivity contribution in [2.24, 2.45) is 0 Å². The van der Waals surface area contributed by atoms with Gasteiger partial charge in [0.25, 0.3) is 5.91 Å². The van der Waals surface area contributed by atoms with Crippen molar-refractivity contribution < 1.29 is 9.53 Å². The molecule has 0 radical (unpaired) electrons. The lowest BCUT2D eigenvalue weighted by atomic mass is 10.2. The van der Waals surface area contributed by atoms with Gasteiger partial charge in [0.15, 0.2) is 0 Å². The third-order valence-electron chi connectivity index (χ3n) is 3.53. The van der Waals surface area contributed by atoms with E-state index >= 15 is 0 Å². The lowest BCUT2D eigenvalue weighted by Crippen LogP contribution is -2.31. The molecule has 6 nitrogen and oxygen atoms in total. The summed E-state index contributed by atoms with van der Waals surface area (Å²) < 4.78 is 5.33. The summed E-state index contributed by atoms with van der Waals surface area (Å²) >= 11 is 0. The monoisotopic (exact) mass is 314 g/mol. The van der Waals surface area contributed by atoms with Crippen LogP contribution in [0.3, 0.4) is 0 Å². The molecule has 0 atom stereocenters. The largest absolute Gasteiger partial charge is 0.495 e. The van der Waals surface area contributed by atoms with Gasteiger partial charge in [0.2, 0.25) is 5.95 Å².